The van der Waals surface area contributed by atoms with Gasteiger partial charge in [-0.15, -0.1) is 11.3 Å². The van der Waals surface area contributed by atoms with Crippen LogP contribution >= 0.6 is 11.3 Å². The van der Waals surface area contributed by atoms with Crippen molar-refractivity contribution >= 4 is 22.9 Å². The molecule has 0 radical (unpaired) electrons. The molecule has 1 N–H and O–H groups in total. The Labute approximate surface area is 174 Å². The van der Waals surface area contributed by atoms with E-state index in [2.05, 4.69) is 27.7 Å². The van der Waals surface area contributed by atoms with Gasteiger partial charge in [0, 0.05) is 30.9 Å². The number of benzene rings is 1. The Morgan fingerprint density at radius 2 is 2.00 bits per heavy atom. The Morgan fingerprint density at radius 1 is 1.21 bits per heavy atom. The number of hydrogen-bond donors (Lipinski definition) is 1. The molecule has 4 rings (SSSR count). The molecule has 7 heteroatoms. The highest BCUT2D eigenvalue weighted by Gasteiger charge is 2.27. The first-order valence-corrected chi connectivity index (χ1v) is 10.9. The molecule has 1 aliphatic rings. The molecule has 1 aromatic carbocycles. The molecule has 6 nitrogen and oxygen atoms in total. The molecule has 0 saturated carbocycles. The van der Waals surface area contributed by atoms with Crippen molar-refractivity contribution in [2.24, 2.45) is 7.05 Å². The molecule has 3 aromatic rings. The zero-order valence-electron chi connectivity index (χ0n) is 16.8. The van der Waals surface area contributed by atoms with Crippen LogP contribution in [-0.4, -0.2) is 33.3 Å². The standard InChI is InChI=1S/C22H26N4O2S/c1-16-21(22(28)26(24(16)2)17-8-4-3-5-9-17)23-20(27)12-14-25-13-6-10-18(25)19-11-7-15-29-19/h3-5,7-9,11,15,18H,6,10,12-14H2,1-2H3,(H,23,27)/t18-/m1/s1. The second kappa shape index (κ2) is 8.39. The van der Waals surface area contributed by atoms with Crippen LogP contribution in [0, 0.1) is 6.92 Å². The van der Waals surface area contributed by atoms with Gasteiger partial charge in [-0.1, -0.05) is 24.3 Å². The van der Waals surface area contributed by atoms with E-state index in [-0.39, 0.29) is 11.5 Å². The number of aromatic nitrogens is 2. The van der Waals surface area contributed by atoms with E-state index in [1.807, 2.05) is 44.3 Å². The fourth-order valence-electron chi connectivity index (χ4n) is 4.06. The van der Waals surface area contributed by atoms with Crippen molar-refractivity contribution in [1.82, 2.24) is 14.3 Å². The van der Waals surface area contributed by atoms with E-state index < -0.39 is 0 Å². The van der Waals surface area contributed by atoms with Gasteiger partial charge in [0.25, 0.3) is 5.56 Å². The number of carbonyl (C=O) groups is 1. The molecule has 1 saturated heterocycles. The Hall–Kier alpha value is -2.64. The van der Waals surface area contributed by atoms with Crippen molar-refractivity contribution in [1.29, 1.82) is 0 Å². The van der Waals surface area contributed by atoms with Gasteiger partial charge in [0.15, 0.2) is 0 Å². The lowest BCUT2D eigenvalue weighted by Crippen LogP contribution is -2.28. The largest absolute Gasteiger partial charge is 0.320 e. The summed E-state index contributed by atoms with van der Waals surface area (Å²) in [6.45, 7) is 3.57. The number of rotatable bonds is 6. The van der Waals surface area contributed by atoms with Crippen LogP contribution in [0.4, 0.5) is 5.69 Å². The van der Waals surface area contributed by atoms with E-state index in [1.165, 1.54) is 4.88 Å². The first kappa shape index (κ1) is 19.7. The number of anilines is 1. The van der Waals surface area contributed by atoms with Crippen molar-refractivity contribution in [2.75, 3.05) is 18.4 Å². The molecule has 1 atom stereocenters. The van der Waals surface area contributed by atoms with E-state index in [0.717, 1.165) is 30.8 Å². The number of hydrogen-bond acceptors (Lipinski definition) is 4. The van der Waals surface area contributed by atoms with Crippen LogP contribution in [0.25, 0.3) is 5.69 Å². The zero-order valence-corrected chi connectivity index (χ0v) is 17.6. The average Bonchev–Trinajstić information content (AvgIpc) is 3.45. The maximum atomic E-state index is 12.9. The van der Waals surface area contributed by atoms with E-state index in [1.54, 1.807) is 20.7 Å². The number of amides is 1. The number of carbonyl (C=O) groups excluding carboxylic acids is 1. The summed E-state index contributed by atoms with van der Waals surface area (Å²) in [5.41, 5.74) is 1.67. The van der Waals surface area contributed by atoms with Crippen LogP contribution < -0.4 is 10.9 Å². The average molecular weight is 411 g/mol. The van der Waals surface area contributed by atoms with Crippen LogP contribution in [0.15, 0.2) is 52.6 Å². The minimum Gasteiger partial charge on any atom is -0.320 e. The van der Waals surface area contributed by atoms with E-state index >= 15 is 0 Å². The highest BCUT2D eigenvalue weighted by molar-refractivity contribution is 7.10. The molecule has 0 bridgehead atoms. The number of para-hydroxylation sites is 1. The van der Waals surface area contributed by atoms with Crippen molar-refractivity contribution in [3.05, 3.63) is 68.8 Å². The predicted molar refractivity (Wildman–Crippen MR) is 117 cm³/mol. The molecule has 1 fully saturated rings. The van der Waals surface area contributed by atoms with Gasteiger partial charge in [0.1, 0.15) is 5.69 Å². The van der Waals surface area contributed by atoms with Crippen LogP contribution in [0.3, 0.4) is 0 Å². The minimum atomic E-state index is -0.206. The van der Waals surface area contributed by atoms with Crippen molar-refractivity contribution in [3.8, 4) is 5.69 Å². The third-order valence-corrected chi connectivity index (χ3v) is 6.65. The molecule has 29 heavy (non-hydrogen) atoms. The smallest absolute Gasteiger partial charge is 0.295 e. The number of thiophene rings is 1. The minimum absolute atomic E-state index is 0.118. The maximum absolute atomic E-state index is 12.9. The Balaban J connectivity index is 1.45. The fraction of sp³-hybridized carbons (Fsp3) is 0.364. The number of nitrogens with zero attached hydrogens (tertiary/aromatic N) is 3. The Bertz CT molecular complexity index is 1040. The SMILES string of the molecule is Cc1c(NC(=O)CCN2CCC[C@@H]2c2cccs2)c(=O)n(-c2ccccc2)n1C. The third kappa shape index (κ3) is 3.93. The van der Waals surface area contributed by atoms with Gasteiger partial charge in [-0.05, 0) is 49.9 Å². The number of likely N-dealkylation sites (tertiary alicyclic amines) is 1. The van der Waals surface area contributed by atoms with Crippen LogP contribution in [0.2, 0.25) is 0 Å². The maximum Gasteiger partial charge on any atom is 0.295 e. The quantitative estimate of drug-likeness (QED) is 0.674. The zero-order chi connectivity index (χ0) is 20.4. The van der Waals surface area contributed by atoms with Gasteiger partial charge >= 0.3 is 0 Å². The lowest BCUT2D eigenvalue weighted by atomic mass is 10.2. The molecular formula is C22H26N4O2S. The van der Waals surface area contributed by atoms with E-state index in [9.17, 15) is 9.59 Å². The third-order valence-electron chi connectivity index (χ3n) is 5.68. The predicted octanol–water partition coefficient (Wildman–Crippen LogP) is 3.71. The summed E-state index contributed by atoms with van der Waals surface area (Å²) in [6, 6.07) is 14.1. The summed E-state index contributed by atoms with van der Waals surface area (Å²) in [4.78, 5) is 29.3. The summed E-state index contributed by atoms with van der Waals surface area (Å²) in [5, 5.41) is 4.97. The summed E-state index contributed by atoms with van der Waals surface area (Å²) in [5.74, 6) is -0.118. The normalized spacial score (nSPS) is 17.0. The second-order valence-corrected chi connectivity index (χ2v) is 8.42. The summed E-state index contributed by atoms with van der Waals surface area (Å²) in [6.07, 6.45) is 2.67. The van der Waals surface area contributed by atoms with Crippen LogP contribution in [-0.2, 0) is 11.8 Å². The lowest BCUT2D eigenvalue weighted by molar-refractivity contribution is -0.116. The summed E-state index contributed by atoms with van der Waals surface area (Å²) >= 11 is 1.78. The van der Waals surface area contributed by atoms with Gasteiger partial charge in [-0.25, -0.2) is 4.68 Å². The van der Waals surface area contributed by atoms with Crippen LogP contribution in [0.1, 0.15) is 35.9 Å². The first-order chi connectivity index (χ1) is 14.1. The molecule has 152 valence electrons. The van der Waals surface area contributed by atoms with Crippen molar-refractivity contribution in [3.63, 3.8) is 0 Å². The fourth-order valence-corrected chi connectivity index (χ4v) is 4.95. The van der Waals surface area contributed by atoms with Gasteiger partial charge < -0.3 is 5.32 Å². The first-order valence-electron chi connectivity index (χ1n) is 9.97. The summed E-state index contributed by atoms with van der Waals surface area (Å²) < 4.78 is 3.36. The van der Waals surface area contributed by atoms with Crippen LogP contribution in [0.5, 0.6) is 0 Å². The molecule has 1 amide bonds. The highest BCUT2D eigenvalue weighted by Crippen LogP contribution is 2.34. The monoisotopic (exact) mass is 410 g/mol. The van der Waals surface area contributed by atoms with Gasteiger partial charge in [0.05, 0.1) is 11.4 Å². The van der Waals surface area contributed by atoms with Gasteiger partial charge in [-0.2, -0.15) is 0 Å². The second-order valence-electron chi connectivity index (χ2n) is 7.44. The Kier molecular flexibility index (Phi) is 5.69. The molecule has 2 aromatic heterocycles. The van der Waals surface area contributed by atoms with E-state index in [0.29, 0.717) is 24.7 Å². The molecule has 0 aliphatic carbocycles. The summed E-state index contributed by atoms with van der Waals surface area (Å²) in [7, 11) is 1.83. The molecule has 0 unspecified atom stereocenters. The molecule has 0 spiro atoms. The molecule has 1 aliphatic heterocycles. The highest BCUT2D eigenvalue weighted by atomic mass is 32.1. The van der Waals surface area contributed by atoms with Crippen molar-refractivity contribution < 1.29 is 4.79 Å². The topological polar surface area (TPSA) is 59.3 Å². The number of nitrogens with one attached hydrogen (secondary N) is 1. The van der Waals surface area contributed by atoms with Gasteiger partial charge in [0.2, 0.25) is 5.91 Å². The van der Waals surface area contributed by atoms with E-state index in [4.69, 9.17) is 0 Å². The van der Waals surface area contributed by atoms with Gasteiger partial charge in [-0.3, -0.25) is 19.2 Å². The Morgan fingerprint density at radius 3 is 2.72 bits per heavy atom. The molecular weight excluding hydrogens is 384 g/mol. The van der Waals surface area contributed by atoms with Crippen molar-refractivity contribution in [2.45, 2.75) is 32.2 Å². The lowest BCUT2D eigenvalue weighted by Gasteiger charge is -2.23. The molecule has 3 heterocycles.